The fourth-order valence-electron chi connectivity index (χ4n) is 3.17. The molecule has 3 N–H and O–H groups in total. The zero-order valence-electron chi connectivity index (χ0n) is 13.9. The normalized spacial score (nSPS) is 21.2. The topological polar surface area (TPSA) is 84.3 Å². The molecule has 128 valence electrons. The number of benzene rings is 1. The molecule has 2 heterocycles. The lowest BCUT2D eigenvalue weighted by molar-refractivity contribution is -0.143. The van der Waals surface area contributed by atoms with Gasteiger partial charge in [-0.3, -0.25) is 10.2 Å². The minimum absolute atomic E-state index is 0.0417. The summed E-state index contributed by atoms with van der Waals surface area (Å²) < 4.78 is 7.63. The first kappa shape index (κ1) is 16.9. The number of rotatable bonds is 3. The van der Waals surface area contributed by atoms with Crippen molar-refractivity contribution in [3.05, 3.63) is 30.5 Å². The van der Waals surface area contributed by atoms with E-state index >= 15 is 0 Å². The van der Waals surface area contributed by atoms with Gasteiger partial charge in [-0.15, -0.1) is 0 Å². The molecule has 1 aliphatic rings. The maximum atomic E-state index is 12.7. The number of nitrogens with one attached hydrogen (secondary N) is 1. The number of hydrogen-bond donors (Lipinski definition) is 2. The highest BCUT2D eigenvalue weighted by atomic mass is 32.2. The number of thioether (sulfide) groups is 1. The van der Waals surface area contributed by atoms with E-state index in [4.69, 9.17) is 15.9 Å². The highest BCUT2D eigenvalue weighted by Gasteiger charge is 2.26. The number of carbonyl (C=O) groups excluding carboxylic acids is 1. The summed E-state index contributed by atoms with van der Waals surface area (Å²) >= 11 is 1.21. The smallest absolute Gasteiger partial charge is 0.242 e. The van der Waals surface area contributed by atoms with Crippen molar-refractivity contribution >= 4 is 33.7 Å². The predicted octanol–water partition coefficient (Wildman–Crippen LogP) is 2.26. The molecular weight excluding hydrogens is 324 g/mol. The van der Waals surface area contributed by atoms with Crippen LogP contribution >= 0.6 is 11.8 Å². The predicted molar refractivity (Wildman–Crippen MR) is 96.3 cm³/mol. The van der Waals surface area contributed by atoms with Gasteiger partial charge >= 0.3 is 0 Å². The Kier molecular flexibility index (Phi) is 4.82. The van der Waals surface area contributed by atoms with Crippen molar-refractivity contribution in [2.24, 2.45) is 5.73 Å². The van der Waals surface area contributed by atoms with Crippen molar-refractivity contribution in [3.8, 4) is 0 Å². The fourth-order valence-corrected chi connectivity index (χ4v) is 3.87. The molecule has 7 heteroatoms. The summed E-state index contributed by atoms with van der Waals surface area (Å²) in [7, 11) is 0. The summed E-state index contributed by atoms with van der Waals surface area (Å²) in [6.45, 7) is 5.50. The van der Waals surface area contributed by atoms with E-state index in [1.807, 2.05) is 53.8 Å². The van der Waals surface area contributed by atoms with Gasteiger partial charge in [0.1, 0.15) is 6.54 Å². The van der Waals surface area contributed by atoms with Crippen molar-refractivity contribution in [2.75, 3.05) is 13.1 Å². The highest BCUT2D eigenvalue weighted by Crippen LogP contribution is 2.29. The number of hydrogen-bond acceptors (Lipinski definition) is 4. The van der Waals surface area contributed by atoms with E-state index in [0.29, 0.717) is 13.1 Å². The molecule has 1 aliphatic heterocycles. The summed E-state index contributed by atoms with van der Waals surface area (Å²) in [5.41, 5.74) is 6.50. The number of nitrogens with two attached hydrogens (primary N) is 1. The molecule has 3 rings (SSSR count). The third kappa shape index (κ3) is 3.57. The molecule has 1 saturated heterocycles. The molecule has 0 spiro atoms. The fraction of sp³-hybridized carbons (Fsp3) is 0.412. The molecule has 0 aliphatic carbocycles. The molecular formula is C17H22N4O2S. The molecule has 2 unspecified atom stereocenters. The molecule has 1 aromatic heterocycles. The summed E-state index contributed by atoms with van der Waals surface area (Å²) in [6, 6.07) is 7.87. The molecule has 6 nitrogen and oxygen atoms in total. The van der Waals surface area contributed by atoms with Gasteiger partial charge in [-0.05, 0) is 19.9 Å². The van der Waals surface area contributed by atoms with Crippen LogP contribution in [0.2, 0.25) is 0 Å². The molecule has 1 amide bonds. The minimum Gasteiger partial charge on any atom is -0.378 e. The Morgan fingerprint density at radius 2 is 2.00 bits per heavy atom. The van der Waals surface area contributed by atoms with Crippen LogP contribution in [0.3, 0.4) is 0 Å². The van der Waals surface area contributed by atoms with Gasteiger partial charge in [-0.1, -0.05) is 30.0 Å². The molecule has 1 fully saturated rings. The van der Waals surface area contributed by atoms with E-state index in [0.717, 1.165) is 15.8 Å². The zero-order valence-corrected chi connectivity index (χ0v) is 14.7. The summed E-state index contributed by atoms with van der Waals surface area (Å²) in [6.07, 6.45) is 2.02. The van der Waals surface area contributed by atoms with Crippen LogP contribution in [0.15, 0.2) is 35.4 Å². The van der Waals surface area contributed by atoms with Crippen molar-refractivity contribution in [3.63, 3.8) is 0 Å². The Morgan fingerprint density at radius 3 is 2.67 bits per heavy atom. The Bertz CT molecular complexity index is 763. The van der Waals surface area contributed by atoms with Crippen molar-refractivity contribution in [2.45, 2.75) is 37.5 Å². The van der Waals surface area contributed by atoms with Crippen LogP contribution in [0.5, 0.6) is 0 Å². The first-order chi connectivity index (χ1) is 11.4. The maximum Gasteiger partial charge on any atom is 0.242 e. The van der Waals surface area contributed by atoms with E-state index in [-0.39, 0.29) is 29.8 Å². The maximum absolute atomic E-state index is 12.7. The largest absolute Gasteiger partial charge is 0.378 e. The Morgan fingerprint density at radius 1 is 1.33 bits per heavy atom. The number of fused-ring (bicyclic) bond motifs is 1. The molecule has 2 atom stereocenters. The number of amides is 1. The Balaban J connectivity index is 1.84. The number of morpholine rings is 1. The zero-order chi connectivity index (χ0) is 17.3. The van der Waals surface area contributed by atoms with Crippen LogP contribution < -0.4 is 5.73 Å². The van der Waals surface area contributed by atoms with Gasteiger partial charge in [0, 0.05) is 35.1 Å². The van der Waals surface area contributed by atoms with Gasteiger partial charge in [0.05, 0.1) is 12.2 Å². The number of ether oxygens (including phenoxy) is 1. The highest BCUT2D eigenvalue weighted by molar-refractivity contribution is 8.13. The first-order valence-electron chi connectivity index (χ1n) is 7.97. The average Bonchev–Trinajstić information content (AvgIpc) is 2.84. The molecule has 2 aromatic rings. The number of para-hydroxylation sites is 1. The molecule has 24 heavy (non-hydrogen) atoms. The van der Waals surface area contributed by atoms with Gasteiger partial charge in [0.2, 0.25) is 5.91 Å². The number of carbonyl (C=O) groups is 1. The van der Waals surface area contributed by atoms with Crippen LogP contribution in [-0.2, 0) is 16.1 Å². The summed E-state index contributed by atoms with van der Waals surface area (Å²) in [5.74, 6) is 0.0807. The van der Waals surface area contributed by atoms with Crippen LogP contribution in [-0.4, -0.2) is 45.8 Å². The van der Waals surface area contributed by atoms with E-state index in [9.17, 15) is 4.79 Å². The SMILES string of the molecule is CC1CN(C(=O)Cn2cc(SC(=N)N)c3ccccc32)CC(C)O1. The van der Waals surface area contributed by atoms with E-state index in [1.54, 1.807) is 0 Å². The Labute approximate surface area is 145 Å². The molecule has 1 aromatic carbocycles. The lowest BCUT2D eigenvalue weighted by Gasteiger charge is -2.35. The molecule has 0 radical (unpaired) electrons. The van der Waals surface area contributed by atoms with Gasteiger partial charge < -0.3 is 19.9 Å². The van der Waals surface area contributed by atoms with Crippen LogP contribution in [0.4, 0.5) is 0 Å². The number of amidine groups is 1. The standard InChI is InChI=1S/C17H22N4O2S/c1-11-7-21(8-12(2)23-11)16(22)10-20-9-15(24-17(18)19)13-5-3-4-6-14(13)20/h3-6,9,11-12H,7-8,10H2,1-2H3,(H3,18,19). The quantitative estimate of drug-likeness (QED) is 0.507. The second-order valence-corrected chi connectivity index (χ2v) is 7.24. The van der Waals surface area contributed by atoms with E-state index in [1.165, 1.54) is 11.8 Å². The summed E-state index contributed by atoms with van der Waals surface area (Å²) in [5, 5.41) is 8.56. The van der Waals surface area contributed by atoms with Crippen LogP contribution in [0.1, 0.15) is 13.8 Å². The lowest BCUT2D eigenvalue weighted by Crippen LogP contribution is -2.49. The van der Waals surface area contributed by atoms with Gasteiger partial charge in [0.15, 0.2) is 5.17 Å². The number of aromatic nitrogens is 1. The van der Waals surface area contributed by atoms with Crippen molar-refractivity contribution in [1.82, 2.24) is 9.47 Å². The minimum atomic E-state index is 0.0417. The monoisotopic (exact) mass is 346 g/mol. The first-order valence-corrected chi connectivity index (χ1v) is 8.78. The van der Waals surface area contributed by atoms with E-state index in [2.05, 4.69) is 0 Å². The third-order valence-corrected chi connectivity index (χ3v) is 4.82. The van der Waals surface area contributed by atoms with Gasteiger partial charge in [0.25, 0.3) is 0 Å². The average molecular weight is 346 g/mol. The molecule has 0 bridgehead atoms. The van der Waals surface area contributed by atoms with E-state index < -0.39 is 0 Å². The van der Waals surface area contributed by atoms with Crippen molar-refractivity contribution in [1.29, 1.82) is 5.41 Å². The second kappa shape index (κ2) is 6.86. The number of nitrogens with zero attached hydrogens (tertiary/aromatic N) is 2. The third-order valence-electron chi connectivity index (χ3n) is 4.05. The van der Waals surface area contributed by atoms with Crippen LogP contribution in [0, 0.1) is 5.41 Å². The van der Waals surface area contributed by atoms with Crippen molar-refractivity contribution < 1.29 is 9.53 Å². The second-order valence-electron chi connectivity index (χ2n) is 6.16. The molecule has 0 saturated carbocycles. The van der Waals surface area contributed by atoms with Crippen LogP contribution in [0.25, 0.3) is 10.9 Å². The summed E-state index contributed by atoms with van der Waals surface area (Å²) in [4.78, 5) is 15.5. The van der Waals surface area contributed by atoms with Gasteiger partial charge in [-0.25, -0.2) is 0 Å². The van der Waals surface area contributed by atoms with Gasteiger partial charge in [-0.2, -0.15) is 0 Å². The Hall–Kier alpha value is -1.99. The lowest BCUT2D eigenvalue weighted by atomic mass is 10.2.